The summed E-state index contributed by atoms with van der Waals surface area (Å²) in [6.07, 6.45) is 3.85. The smallest absolute Gasteiger partial charge is 0.225 e. The van der Waals surface area contributed by atoms with Crippen LogP contribution in [0.25, 0.3) is 0 Å². The largest absolute Gasteiger partial charge is 0.339 e. The van der Waals surface area contributed by atoms with E-state index in [1.807, 2.05) is 18.2 Å². The van der Waals surface area contributed by atoms with E-state index in [1.54, 1.807) is 0 Å². The van der Waals surface area contributed by atoms with Gasteiger partial charge >= 0.3 is 0 Å². The molecular weight excluding hydrogens is 298 g/mol. The summed E-state index contributed by atoms with van der Waals surface area (Å²) in [5.41, 5.74) is 4.60. The van der Waals surface area contributed by atoms with E-state index in [4.69, 9.17) is 0 Å². The lowest BCUT2D eigenvalue weighted by Gasteiger charge is -2.23. The molecule has 1 saturated heterocycles. The molecule has 0 bridgehead atoms. The summed E-state index contributed by atoms with van der Waals surface area (Å²) < 4.78 is 0. The van der Waals surface area contributed by atoms with Crippen LogP contribution in [0.1, 0.15) is 24.8 Å². The Kier molecular flexibility index (Phi) is 4.22. The first-order valence-electron chi connectivity index (χ1n) is 8.79. The molecule has 2 aromatic carbocycles. The van der Waals surface area contributed by atoms with Gasteiger partial charge in [-0.15, -0.1) is 0 Å². The summed E-state index contributed by atoms with van der Waals surface area (Å²) in [5, 5.41) is 6.51. The number of para-hydroxylation sites is 3. The van der Waals surface area contributed by atoms with Gasteiger partial charge in [0, 0.05) is 24.7 Å². The highest BCUT2D eigenvalue weighted by Gasteiger charge is 2.23. The lowest BCUT2D eigenvalue weighted by atomic mass is 10.1. The van der Waals surface area contributed by atoms with Crippen molar-refractivity contribution in [1.82, 2.24) is 5.32 Å². The minimum Gasteiger partial charge on any atom is -0.339 e. The maximum absolute atomic E-state index is 12.4. The van der Waals surface area contributed by atoms with E-state index in [1.165, 1.54) is 17.7 Å². The number of anilines is 3. The maximum atomic E-state index is 12.4. The molecule has 2 aliphatic heterocycles. The van der Waals surface area contributed by atoms with Crippen molar-refractivity contribution in [3.8, 4) is 0 Å². The van der Waals surface area contributed by atoms with Crippen LogP contribution in [0.3, 0.4) is 0 Å². The van der Waals surface area contributed by atoms with E-state index in [-0.39, 0.29) is 5.91 Å². The Hall–Kier alpha value is -2.33. The van der Waals surface area contributed by atoms with Gasteiger partial charge in [0.2, 0.25) is 5.91 Å². The molecule has 0 aromatic heterocycles. The van der Waals surface area contributed by atoms with Crippen LogP contribution in [0.4, 0.5) is 17.1 Å². The third-order valence-corrected chi connectivity index (χ3v) is 4.95. The number of fused-ring (bicyclic) bond motifs is 1. The van der Waals surface area contributed by atoms with Crippen LogP contribution in [0.2, 0.25) is 0 Å². The molecule has 24 heavy (non-hydrogen) atoms. The Morgan fingerprint density at radius 2 is 1.92 bits per heavy atom. The Labute approximate surface area is 142 Å². The van der Waals surface area contributed by atoms with Crippen LogP contribution in [0.15, 0.2) is 48.5 Å². The number of hydrogen-bond acceptors (Lipinski definition) is 3. The number of nitrogens with one attached hydrogen (secondary N) is 2. The molecule has 2 aromatic rings. The summed E-state index contributed by atoms with van der Waals surface area (Å²) in [6.45, 7) is 1.98. The Bertz CT molecular complexity index is 737. The molecule has 4 rings (SSSR count). The molecule has 0 radical (unpaired) electrons. The minimum atomic E-state index is 0.0920. The summed E-state index contributed by atoms with van der Waals surface area (Å²) in [6, 6.07) is 16.9. The first-order valence-corrected chi connectivity index (χ1v) is 8.79. The number of rotatable bonds is 4. The molecule has 1 fully saturated rings. The minimum absolute atomic E-state index is 0.0920. The highest BCUT2D eigenvalue weighted by atomic mass is 16.1. The van der Waals surface area contributed by atoms with Crippen molar-refractivity contribution < 1.29 is 4.79 Å². The zero-order chi connectivity index (χ0) is 16.4. The molecule has 0 saturated carbocycles. The second-order valence-electron chi connectivity index (χ2n) is 6.59. The number of amides is 1. The molecule has 2 N–H and O–H groups in total. The number of benzene rings is 2. The van der Waals surface area contributed by atoms with Crippen molar-refractivity contribution in [3.63, 3.8) is 0 Å². The zero-order valence-corrected chi connectivity index (χ0v) is 13.8. The van der Waals surface area contributed by atoms with E-state index < -0.39 is 0 Å². The van der Waals surface area contributed by atoms with E-state index in [0.29, 0.717) is 12.5 Å². The maximum Gasteiger partial charge on any atom is 0.225 e. The molecule has 1 atom stereocenters. The van der Waals surface area contributed by atoms with Gasteiger partial charge in [0.25, 0.3) is 0 Å². The number of hydrogen-bond donors (Lipinski definition) is 2. The molecule has 2 heterocycles. The van der Waals surface area contributed by atoms with E-state index in [2.05, 4.69) is 45.9 Å². The number of nitrogens with zero attached hydrogens (tertiary/aromatic N) is 1. The van der Waals surface area contributed by atoms with Crippen molar-refractivity contribution in [2.45, 2.75) is 31.7 Å². The average Bonchev–Trinajstić information content (AvgIpc) is 3.25. The molecule has 4 nitrogen and oxygen atoms in total. The van der Waals surface area contributed by atoms with Crippen LogP contribution in [0.5, 0.6) is 0 Å². The predicted molar refractivity (Wildman–Crippen MR) is 97.9 cm³/mol. The first kappa shape index (κ1) is 15.2. The normalized spacial score (nSPS) is 19.3. The standard InChI is InChI=1S/C20H23N3O/c24-20(14-16-7-5-12-21-16)22-17-8-2-4-10-19(17)23-13-11-15-6-1-3-9-18(15)23/h1-4,6,8-10,16,21H,5,7,11-14H2,(H,22,24). The van der Waals surface area contributed by atoms with Crippen LogP contribution < -0.4 is 15.5 Å². The highest BCUT2D eigenvalue weighted by Crippen LogP contribution is 2.38. The van der Waals surface area contributed by atoms with Gasteiger partial charge in [-0.1, -0.05) is 30.3 Å². The van der Waals surface area contributed by atoms with Crippen molar-refractivity contribution >= 4 is 23.0 Å². The van der Waals surface area contributed by atoms with Gasteiger partial charge in [-0.2, -0.15) is 0 Å². The fourth-order valence-electron chi connectivity index (χ4n) is 3.76. The Morgan fingerprint density at radius 1 is 1.12 bits per heavy atom. The third-order valence-electron chi connectivity index (χ3n) is 4.95. The second-order valence-corrected chi connectivity index (χ2v) is 6.59. The Morgan fingerprint density at radius 3 is 2.75 bits per heavy atom. The van der Waals surface area contributed by atoms with Crippen molar-refractivity contribution in [2.24, 2.45) is 0 Å². The van der Waals surface area contributed by atoms with E-state index in [9.17, 15) is 4.79 Å². The summed E-state index contributed by atoms with van der Waals surface area (Å²) in [5.74, 6) is 0.0920. The Balaban J connectivity index is 1.54. The van der Waals surface area contributed by atoms with Gasteiger partial charge in [0.15, 0.2) is 0 Å². The van der Waals surface area contributed by atoms with E-state index in [0.717, 1.165) is 37.3 Å². The average molecular weight is 321 g/mol. The molecule has 0 aliphatic carbocycles. The molecule has 4 heteroatoms. The number of carbonyl (C=O) groups is 1. The quantitative estimate of drug-likeness (QED) is 0.906. The van der Waals surface area contributed by atoms with Crippen LogP contribution in [0, 0.1) is 0 Å². The van der Waals surface area contributed by atoms with Crippen LogP contribution in [-0.4, -0.2) is 25.0 Å². The fraction of sp³-hybridized carbons (Fsp3) is 0.350. The SMILES string of the molecule is O=C(CC1CCCN1)Nc1ccccc1N1CCc2ccccc21. The van der Waals surface area contributed by atoms with Crippen LogP contribution in [-0.2, 0) is 11.2 Å². The lowest BCUT2D eigenvalue weighted by molar-refractivity contribution is -0.116. The zero-order valence-electron chi connectivity index (χ0n) is 13.8. The van der Waals surface area contributed by atoms with Gasteiger partial charge < -0.3 is 15.5 Å². The molecule has 1 unspecified atom stereocenters. The van der Waals surface area contributed by atoms with Crippen molar-refractivity contribution in [2.75, 3.05) is 23.3 Å². The predicted octanol–water partition coefficient (Wildman–Crippen LogP) is 3.46. The van der Waals surface area contributed by atoms with Crippen molar-refractivity contribution in [3.05, 3.63) is 54.1 Å². The van der Waals surface area contributed by atoms with Gasteiger partial charge in [0.05, 0.1) is 11.4 Å². The van der Waals surface area contributed by atoms with Crippen molar-refractivity contribution in [1.29, 1.82) is 0 Å². The summed E-state index contributed by atoms with van der Waals surface area (Å²) >= 11 is 0. The summed E-state index contributed by atoms with van der Waals surface area (Å²) in [4.78, 5) is 14.7. The summed E-state index contributed by atoms with van der Waals surface area (Å²) in [7, 11) is 0. The second kappa shape index (κ2) is 6.65. The topological polar surface area (TPSA) is 44.4 Å². The third kappa shape index (κ3) is 3.02. The van der Waals surface area contributed by atoms with Crippen LogP contribution >= 0.6 is 0 Å². The number of carbonyl (C=O) groups excluding carboxylic acids is 1. The first-order chi connectivity index (χ1) is 11.8. The van der Waals surface area contributed by atoms with E-state index >= 15 is 0 Å². The fourth-order valence-corrected chi connectivity index (χ4v) is 3.76. The molecule has 0 spiro atoms. The van der Waals surface area contributed by atoms with Gasteiger partial charge in [-0.25, -0.2) is 0 Å². The molecule has 2 aliphatic rings. The van der Waals surface area contributed by atoms with Gasteiger partial charge in [-0.05, 0) is 49.6 Å². The lowest BCUT2D eigenvalue weighted by Crippen LogP contribution is -2.28. The molecule has 124 valence electrons. The highest BCUT2D eigenvalue weighted by molar-refractivity contribution is 5.95. The monoisotopic (exact) mass is 321 g/mol. The molecular formula is C20H23N3O. The van der Waals surface area contributed by atoms with Gasteiger partial charge in [-0.3, -0.25) is 4.79 Å². The van der Waals surface area contributed by atoms with Gasteiger partial charge in [0.1, 0.15) is 0 Å². The molecule has 1 amide bonds.